The molecule has 142 valence electrons. The van der Waals surface area contributed by atoms with Gasteiger partial charge in [0.1, 0.15) is 22.0 Å². The molecular formula is C18H12F3N5OS. The van der Waals surface area contributed by atoms with Crippen LogP contribution in [0.1, 0.15) is 12.0 Å². The Morgan fingerprint density at radius 2 is 2.07 bits per heavy atom. The minimum Gasteiger partial charge on any atom is -0.302 e. The first kappa shape index (κ1) is 17.1. The van der Waals surface area contributed by atoms with Crippen LogP contribution in [0.15, 0.2) is 18.3 Å². The lowest BCUT2D eigenvalue weighted by molar-refractivity contribution is -0.117. The summed E-state index contributed by atoms with van der Waals surface area (Å²) < 4.78 is 41.5. The molecule has 3 heterocycles. The first-order valence-corrected chi connectivity index (χ1v) is 9.29. The lowest BCUT2D eigenvalue weighted by atomic mass is 10.00. The van der Waals surface area contributed by atoms with Crippen molar-refractivity contribution in [2.75, 3.05) is 5.32 Å². The number of aromatic nitrogens is 4. The van der Waals surface area contributed by atoms with E-state index in [9.17, 15) is 18.0 Å². The Morgan fingerprint density at radius 1 is 1.29 bits per heavy atom. The Hall–Kier alpha value is -3.01. The number of carbonyl (C=O) groups is 1. The molecule has 0 radical (unpaired) electrons. The third-order valence-electron chi connectivity index (χ3n) is 4.82. The van der Waals surface area contributed by atoms with Crippen LogP contribution in [-0.4, -0.2) is 32.2 Å². The Labute approximate surface area is 159 Å². The molecule has 3 aromatic heterocycles. The highest BCUT2D eigenvalue weighted by Gasteiger charge is 2.43. The smallest absolute Gasteiger partial charge is 0.232 e. The van der Waals surface area contributed by atoms with Gasteiger partial charge in [0.05, 0.1) is 17.8 Å². The lowest BCUT2D eigenvalue weighted by Crippen LogP contribution is -2.14. The Bertz CT molecular complexity index is 1270. The molecule has 5 rings (SSSR count). The number of rotatable bonds is 3. The number of anilines is 1. The van der Waals surface area contributed by atoms with Crippen molar-refractivity contribution in [2.24, 2.45) is 5.92 Å². The number of thiazole rings is 1. The van der Waals surface area contributed by atoms with E-state index in [-0.39, 0.29) is 17.5 Å². The minimum absolute atomic E-state index is 0.0255. The van der Waals surface area contributed by atoms with E-state index in [0.717, 1.165) is 11.3 Å². The highest BCUT2D eigenvalue weighted by molar-refractivity contribution is 7.22. The average Bonchev–Trinajstić information content (AvgIpc) is 3.06. The average molecular weight is 403 g/mol. The van der Waals surface area contributed by atoms with Crippen LogP contribution < -0.4 is 5.32 Å². The van der Waals surface area contributed by atoms with Crippen LogP contribution in [0.4, 0.5) is 18.3 Å². The van der Waals surface area contributed by atoms with Crippen molar-refractivity contribution in [1.29, 1.82) is 0 Å². The fraction of sp³-hybridized carbons (Fsp3) is 0.222. The van der Waals surface area contributed by atoms with Crippen LogP contribution in [-0.2, 0) is 4.79 Å². The largest absolute Gasteiger partial charge is 0.302 e. The maximum atomic E-state index is 14.3. The van der Waals surface area contributed by atoms with E-state index in [1.165, 1.54) is 13.1 Å². The number of alkyl halides is 1. The molecule has 1 aromatic carbocycles. The van der Waals surface area contributed by atoms with Gasteiger partial charge in [0, 0.05) is 10.9 Å². The predicted molar refractivity (Wildman–Crippen MR) is 98.8 cm³/mol. The number of halogens is 3. The molecule has 0 unspecified atom stereocenters. The maximum Gasteiger partial charge on any atom is 0.232 e. The first-order valence-electron chi connectivity index (χ1n) is 8.47. The SMILES string of the molecule is Cc1c(F)c(F)c2[nH]ncc2c1-c1ccc2nc(NC(=O)[C@@H]3C[C@@H]3F)sc2n1. The van der Waals surface area contributed by atoms with Gasteiger partial charge in [-0.05, 0) is 31.0 Å². The van der Waals surface area contributed by atoms with Gasteiger partial charge >= 0.3 is 0 Å². The third kappa shape index (κ3) is 2.55. The van der Waals surface area contributed by atoms with Gasteiger partial charge < -0.3 is 5.32 Å². The Balaban J connectivity index is 1.58. The van der Waals surface area contributed by atoms with Crippen molar-refractivity contribution in [3.8, 4) is 11.3 Å². The van der Waals surface area contributed by atoms with Crippen LogP contribution in [0.3, 0.4) is 0 Å². The van der Waals surface area contributed by atoms with Crippen LogP contribution in [0.5, 0.6) is 0 Å². The summed E-state index contributed by atoms with van der Waals surface area (Å²) in [6.07, 6.45) is 0.565. The number of aromatic amines is 1. The lowest BCUT2D eigenvalue weighted by Gasteiger charge is -2.09. The molecule has 2 atom stereocenters. The molecule has 1 saturated carbocycles. The van der Waals surface area contributed by atoms with Crippen LogP contribution in [0, 0.1) is 24.5 Å². The number of benzene rings is 1. The van der Waals surface area contributed by atoms with Gasteiger partial charge in [-0.1, -0.05) is 11.3 Å². The molecule has 6 nitrogen and oxygen atoms in total. The van der Waals surface area contributed by atoms with E-state index < -0.39 is 29.6 Å². The number of amides is 1. The van der Waals surface area contributed by atoms with Crippen molar-refractivity contribution in [2.45, 2.75) is 19.5 Å². The summed E-state index contributed by atoms with van der Waals surface area (Å²) in [5, 5.41) is 9.62. The fourth-order valence-electron chi connectivity index (χ4n) is 3.20. The summed E-state index contributed by atoms with van der Waals surface area (Å²) in [7, 11) is 0. The second-order valence-corrected chi connectivity index (χ2v) is 7.65. The zero-order chi connectivity index (χ0) is 19.6. The highest BCUT2D eigenvalue weighted by atomic mass is 32.1. The van der Waals surface area contributed by atoms with Crippen LogP contribution >= 0.6 is 11.3 Å². The zero-order valence-corrected chi connectivity index (χ0v) is 15.2. The summed E-state index contributed by atoms with van der Waals surface area (Å²) in [6, 6.07) is 3.34. The quantitative estimate of drug-likeness (QED) is 0.539. The molecule has 1 aliphatic rings. The van der Waals surface area contributed by atoms with Crippen LogP contribution in [0.2, 0.25) is 0 Å². The van der Waals surface area contributed by atoms with Gasteiger partial charge in [0.15, 0.2) is 16.8 Å². The molecule has 28 heavy (non-hydrogen) atoms. The Kier molecular flexibility index (Phi) is 3.66. The van der Waals surface area contributed by atoms with Crippen molar-refractivity contribution >= 4 is 43.6 Å². The molecule has 1 amide bonds. The summed E-state index contributed by atoms with van der Waals surface area (Å²) in [5.41, 5.74) is 1.51. The first-order chi connectivity index (χ1) is 13.4. The van der Waals surface area contributed by atoms with Crippen molar-refractivity contribution in [1.82, 2.24) is 20.2 Å². The molecule has 0 bridgehead atoms. The molecule has 1 fully saturated rings. The predicted octanol–water partition coefficient (Wildman–Crippen LogP) is 4.12. The van der Waals surface area contributed by atoms with Gasteiger partial charge in [-0.15, -0.1) is 0 Å². The summed E-state index contributed by atoms with van der Waals surface area (Å²) >= 11 is 1.13. The molecule has 0 saturated heterocycles. The molecular weight excluding hydrogens is 391 g/mol. The van der Waals surface area contributed by atoms with Crippen molar-refractivity contribution in [3.05, 3.63) is 35.5 Å². The van der Waals surface area contributed by atoms with E-state index >= 15 is 0 Å². The Morgan fingerprint density at radius 3 is 2.82 bits per heavy atom. The van der Waals surface area contributed by atoms with Crippen molar-refractivity contribution < 1.29 is 18.0 Å². The summed E-state index contributed by atoms with van der Waals surface area (Å²) in [4.78, 5) is 21.2. The second kappa shape index (κ2) is 5.99. The second-order valence-electron chi connectivity index (χ2n) is 6.67. The monoisotopic (exact) mass is 403 g/mol. The highest BCUT2D eigenvalue weighted by Crippen LogP contribution is 2.37. The maximum absolute atomic E-state index is 14.3. The number of carbonyl (C=O) groups excluding carboxylic acids is 1. The van der Waals surface area contributed by atoms with Gasteiger partial charge in [-0.2, -0.15) is 5.10 Å². The van der Waals surface area contributed by atoms with Crippen molar-refractivity contribution in [3.63, 3.8) is 0 Å². The minimum atomic E-state index is -1.09. The van der Waals surface area contributed by atoms with E-state index in [0.29, 0.717) is 32.1 Å². The molecule has 10 heteroatoms. The van der Waals surface area contributed by atoms with E-state index in [2.05, 4.69) is 25.5 Å². The van der Waals surface area contributed by atoms with E-state index in [1.54, 1.807) is 12.1 Å². The van der Waals surface area contributed by atoms with Gasteiger partial charge in [0.2, 0.25) is 5.91 Å². The number of hydrogen-bond acceptors (Lipinski definition) is 5. The van der Waals surface area contributed by atoms with Gasteiger partial charge in [-0.3, -0.25) is 9.89 Å². The molecule has 0 spiro atoms. The number of fused-ring (bicyclic) bond motifs is 2. The third-order valence-corrected chi connectivity index (χ3v) is 5.70. The normalized spacial score (nSPS) is 18.7. The van der Waals surface area contributed by atoms with Crippen LogP contribution in [0.25, 0.3) is 32.5 Å². The number of H-pyrrole nitrogens is 1. The van der Waals surface area contributed by atoms with E-state index in [4.69, 9.17) is 0 Å². The number of hydrogen-bond donors (Lipinski definition) is 2. The summed E-state index contributed by atoms with van der Waals surface area (Å²) in [5.74, 6) is -2.96. The van der Waals surface area contributed by atoms with E-state index in [1.807, 2.05) is 0 Å². The van der Waals surface area contributed by atoms with Gasteiger partial charge in [-0.25, -0.2) is 23.1 Å². The topological polar surface area (TPSA) is 83.6 Å². The van der Waals surface area contributed by atoms with Gasteiger partial charge in [0.25, 0.3) is 0 Å². The number of nitrogens with zero attached hydrogens (tertiary/aromatic N) is 3. The molecule has 4 aromatic rings. The molecule has 1 aliphatic carbocycles. The summed E-state index contributed by atoms with van der Waals surface area (Å²) in [6.45, 7) is 1.48. The standard InChI is InChI=1S/C18H12F3N5OS/c1-6-12(8-5-22-26-15(8)14(21)13(6)20)10-2-3-11-17(23-10)28-18(24-11)25-16(27)7-4-9(7)19/h2-3,5,7,9H,4H2,1H3,(H,22,26)(H,24,25,27)/t7-,9+/m1/s1. The number of pyridine rings is 1. The molecule has 2 N–H and O–H groups in total. The fourth-order valence-corrected chi connectivity index (χ4v) is 4.04. The zero-order valence-electron chi connectivity index (χ0n) is 14.4. The number of nitrogens with one attached hydrogen (secondary N) is 2. The molecule has 0 aliphatic heterocycles.